The Morgan fingerprint density at radius 1 is 1.80 bits per heavy atom. The van der Waals surface area contributed by atoms with Crippen LogP contribution >= 0.6 is 0 Å². The van der Waals surface area contributed by atoms with Crippen LogP contribution in [0.5, 0.6) is 5.75 Å². The molecule has 0 aromatic carbocycles. The van der Waals surface area contributed by atoms with Crippen LogP contribution in [0, 0.1) is 6.92 Å². The van der Waals surface area contributed by atoms with Gasteiger partial charge in [0, 0.05) is 7.05 Å². The first-order valence-electron chi connectivity index (χ1n) is 2.84. The highest BCUT2D eigenvalue weighted by atomic mass is 16.5. The number of carbonyl (C=O) groups excluding carboxylic acids is 1. The fourth-order valence-electron chi connectivity index (χ4n) is 0.745. The maximum Gasteiger partial charge on any atom is 0.298 e. The quantitative estimate of drug-likeness (QED) is 0.553. The predicted molar refractivity (Wildman–Crippen MR) is 34.6 cm³/mol. The molecule has 0 saturated heterocycles. The largest absolute Gasteiger partial charge is 0.425 e. The topological polar surface area (TPSA) is 44.1 Å². The van der Waals surface area contributed by atoms with Gasteiger partial charge in [0.15, 0.2) is 5.75 Å². The summed E-state index contributed by atoms with van der Waals surface area (Å²) in [6.07, 6.45) is 1.64. The lowest BCUT2D eigenvalue weighted by molar-refractivity contribution is -0.120. The Bertz CT molecular complexity index is 242. The molecule has 0 atom stereocenters. The fourth-order valence-corrected chi connectivity index (χ4v) is 0.745. The number of hydrogen-bond acceptors (Lipinski definition) is 3. The number of hydrogen-bond donors (Lipinski definition) is 0. The number of aryl methyl sites for hydroxylation is 2. The van der Waals surface area contributed by atoms with Crippen molar-refractivity contribution in [3.8, 4) is 5.75 Å². The lowest BCUT2D eigenvalue weighted by Gasteiger charge is -1.88. The van der Waals surface area contributed by atoms with Gasteiger partial charge in [0.2, 0.25) is 0 Å². The van der Waals surface area contributed by atoms with E-state index in [1.807, 2.05) is 0 Å². The SMILES string of the molecule is Cc1nn(C)cc1OC=O. The molecule has 0 fully saturated rings. The molecule has 10 heavy (non-hydrogen) atoms. The van der Waals surface area contributed by atoms with E-state index in [-0.39, 0.29) is 0 Å². The molecule has 4 heteroatoms. The third-order valence-corrected chi connectivity index (χ3v) is 1.14. The zero-order valence-corrected chi connectivity index (χ0v) is 5.87. The van der Waals surface area contributed by atoms with Crippen molar-refractivity contribution in [3.63, 3.8) is 0 Å². The molecule has 0 aliphatic carbocycles. The highest BCUT2D eigenvalue weighted by Crippen LogP contribution is 2.12. The monoisotopic (exact) mass is 140 g/mol. The van der Waals surface area contributed by atoms with Gasteiger partial charge in [-0.3, -0.25) is 9.48 Å². The Hall–Kier alpha value is -1.32. The lowest BCUT2D eigenvalue weighted by atomic mass is 10.5. The van der Waals surface area contributed by atoms with E-state index in [2.05, 4.69) is 9.84 Å². The molecule has 0 aliphatic heterocycles. The summed E-state index contributed by atoms with van der Waals surface area (Å²) in [5.41, 5.74) is 0.717. The zero-order chi connectivity index (χ0) is 7.56. The van der Waals surface area contributed by atoms with Crippen molar-refractivity contribution in [1.29, 1.82) is 0 Å². The van der Waals surface area contributed by atoms with Crippen molar-refractivity contribution in [2.24, 2.45) is 7.05 Å². The molecule has 1 heterocycles. The van der Waals surface area contributed by atoms with Crippen molar-refractivity contribution in [3.05, 3.63) is 11.9 Å². The lowest BCUT2D eigenvalue weighted by Crippen LogP contribution is -1.87. The molecule has 0 unspecified atom stereocenters. The van der Waals surface area contributed by atoms with Gasteiger partial charge in [0.05, 0.1) is 6.20 Å². The van der Waals surface area contributed by atoms with E-state index in [1.165, 1.54) is 0 Å². The van der Waals surface area contributed by atoms with Crippen LogP contribution in [0.15, 0.2) is 6.20 Å². The number of ether oxygens (including phenoxy) is 1. The van der Waals surface area contributed by atoms with Crippen molar-refractivity contribution >= 4 is 6.47 Å². The normalized spacial score (nSPS) is 9.40. The van der Waals surface area contributed by atoms with Gasteiger partial charge in [-0.15, -0.1) is 0 Å². The summed E-state index contributed by atoms with van der Waals surface area (Å²) in [6.45, 7) is 2.17. The highest BCUT2D eigenvalue weighted by Gasteiger charge is 2.01. The molecule has 54 valence electrons. The van der Waals surface area contributed by atoms with E-state index >= 15 is 0 Å². The molecule has 1 aromatic rings. The second kappa shape index (κ2) is 2.51. The Labute approximate surface area is 58.4 Å². The van der Waals surface area contributed by atoms with Crippen molar-refractivity contribution in [2.45, 2.75) is 6.92 Å². The first kappa shape index (κ1) is 6.80. The molecular formula is C6H8N2O2. The smallest absolute Gasteiger partial charge is 0.298 e. The highest BCUT2D eigenvalue weighted by molar-refractivity contribution is 5.45. The Kier molecular flexibility index (Phi) is 1.71. The summed E-state index contributed by atoms with van der Waals surface area (Å²) in [5, 5.41) is 3.96. The van der Waals surface area contributed by atoms with Crippen LogP contribution in [-0.2, 0) is 11.8 Å². The first-order chi connectivity index (χ1) is 4.74. The molecule has 0 N–H and O–H groups in total. The second-order valence-corrected chi connectivity index (χ2v) is 1.97. The summed E-state index contributed by atoms with van der Waals surface area (Å²) in [4.78, 5) is 9.88. The molecule has 0 spiro atoms. The van der Waals surface area contributed by atoms with Crippen LogP contribution in [-0.4, -0.2) is 16.3 Å². The first-order valence-corrected chi connectivity index (χ1v) is 2.84. The maximum atomic E-state index is 9.88. The van der Waals surface area contributed by atoms with Crippen LogP contribution < -0.4 is 4.74 Å². The molecule has 0 bridgehead atoms. The average Bonchev–Trinajstić information content (AvgIpc) is 2.13. The summed E-state index contributed by atoms with van der Waals surface area (Å²) >= 11 is 0. The molecule has 0 saturated carbocycles. The number of nitrogens with zero attached hydrogens (tertiary/aromatic N) is 2. The van der Waals surface area contributed by atoms with Crippen LogP contribution in [0.4, 0.5) is 0 Å². The molecular weight excluding hydrogens is 132 g/mol. The number of rotatable bonds is 2. The summed E-state index contributed by atoms with van der Waals surface area (Å²) in [6, 6.07) is 0. The summed E-state index contributed by atoms with van der Waals surface area (Å²) in [7, 11) is 1.77. The van der Waals surface area contributed by atoms with Crippen LogP contribution in [0.3, 0.4) is 0 Å². The minimum Gasteiger partial charge on any atom is -0.425 e. The molecule has 1 aromatic heterocycles. The van der Waals surface area contributed by atoms with E-state index in [1.54, 1.807) is 24.9 Å². The fraction of sp³-hybridized carbons (Fsp3) is 0.333. The number of aromatic nitrogens is 2. The van der Waals surface area contributed by atoms with Crippen LogP contribution in [0.2, 0.25) is 0 Å². The molecule has 0 radical (unpaired) electrons. The third-order valence-electron chi connectivity index (χ3n) is 1.14. The van der Waals surface area contributed by atoms with Crippen LogP contribution in [0.25, 0.3) is 0 Å². The van der Waals surface area contributed by atoms with E-state index in [0.717, 1.165) is 5.69 Å². The maximum absolute atomic E-state index is 9.88. The Balaban J connectivity index is 2.91. The average molecular weight is 140 g/mol. The van der Waals surface area contributed by atoms with Crippen molar-refractivity contribution < 1.29 is 9.53 Å². The van der Waals surface area contributed by atoms with Gasteiger partial charge in [-0.05, 0) is 6.92 Å². The van der Waals surface area contributed by atoms with Gasteiger partial charge < -0.3 is 4.74 Å². The van der Waals surface area contributed by atoms with E-state index in [9.17, 15) is 4.79 Å². The molecule has 4 nitrogen and oxygen atoms in total. The standard InChI is InChI=1S/C6H8N2O2/c1-5-6(10-4-9)3-8(2)7-5/h3-4H,1-2H3. The van der Waals surface area contributed by atoms with Gasteiger partial charge in [0.25, 0.3) is 6.47 Å². The minimum atomic E-state index is 0.393. The molecule has 1 rings (SSSR count). The third kappa shape index (κ3) is 1.15. The van der Waals surface area contributed by atoms with E-state index < -0.39 is 0 Å². The number of carbonyl (C=O) groups is 1. The summed E-state index contributed by atoms with van der Waals surface area (Å²) < 4.78 is 6.18. The Morgan fingerprint density at radius 2 is 2.50 bits per heavy atom. The second-order valence-electron chi connectivity index (χ2n) is 1.97. The zero-order valence-electron chi connectivity index (χ0n) is 5.87. The van der Waals surface area contributed by atoms with Crippen LogP contribution in [0.1, 0.15) is 5.69 Å². The minimum absolute atomic E-state index is 0.393. The van der Waals surface area contributed by atoms with Gasteiger partial charge >= 0.3 is 0 Å². The van der Waals surface area contributed by atoms with Gasteiger partial charge in [-0.25, -0.2) is 0 Å². The van der Waals surface area contributed by atoms with Crippen molar-refractivity contribution in [1.82, 2.24) is 9.78 Å². The summed E-state index contributed by atoms with van der Waals surface area (Å²) in [5.74, 6) is 0.512. The van der Waals surface area contributed by atoms with E-state index in [4.69, 9.17) is 0 Å². The Morgan fingerprint density at radius 3 is 2.90 bits per heavy atom. The van der Waals surface area contributed by atoms with E-state index in [0.29, 0.717) is 12.2 Å². The predicted octanol–water partition coefficient (Wildman–Crippen LogP) is 0.264. The van der Waals surface area contributed by atoms with Gasteiger partial charge in [-0.1, -0.05) is 0 Å². The molecule has 0 amide bonds. The van der Waals surface area contributed by atoms with Gasteiger partial charge in [0.1, 0.15) is 5.69 Å². The van der Waals surface area contributed by atoms with Gasteiger partial charge in [-0.2, -0.15) is 5.10 Å². The molecule has 0 aliphatic rings. The van der Waals surface area contributed by atoms with Crippen molar-refractivity contribution in [2.75, 3.05) is 0 Å².